The Labute approximate surface area is 87.0 Å². The summed E-state index contributed by atoms with van der Waals surface area (Å²) < 4.78 is 5.93. The van der Waals surface area contributed by atoms with E-state index in [1.165, 1.54) is 12.8 Å². The van der Waals surface area contributed by atoms with Crippen molar-refractivity contribution in [1.29, 1.82) is 0 Å². The molecule has 0 aliphatic heterocycles. The van der Waals surface area contributed by atoms with Gasteiger partial charge >= 0.3 is 0 Å². The van der Waals surface area contributed by atoms with E-state index in [9.17, 15) is 4.79 Å². The van der Waals surface area contributed by atoms with E-state index in [4.69, 9.17) is 4.74 Å². The van der Waals surface area contributed by atoms with Gasteiger partial charge < -0.3 is 4.74 Å². The smallest absolute Gasteiger partial charge is 0.135 e. The first-order valence-corrected chi connectivity index (χ1v) is 5.58. The minimum atomic E-state index is -0.129. The number of carbonyl (C=O) groups excluding carboxylic acids is 1. The number of hydrogen-bond acceptors (Lipinski definition) is 2. The van der Waals surface area contributed by atoms with Gasteiger partial charge in [0.15, 0.2) is 0 Å². The molecule has 1 saturated carbocycles. The lowest BCUT2D eigenvalue weighted by atomic mass is 9.83. The Morgan fingerprint density at radius 1 is 1.21 bits per heavy atom. The molecule has 1 fully saturated rings. The van der Waals surface area contributed by atoms with Crippen LogP contribution in [0, 0.1) is 5.92 Å². The molecule has 0 radical (unpaired) electrons. The largest absolute Gasteiger partial charge is 0.372 e. The lowest BCUT2D eigenvalue weighted by Crippen LogP contribution is -2.38. The van der Waals surface area contributed by atoms with E-state index in [1.807, 2.05) is 0 Å². The summed E-state index contributed by atoms with van der Waals surface area (Å²) in [5, 5.41) is 0. The summed E-state index contributed by atoms with van der Waals surface area (Å²) >= 11 is 0. The Hall–Kier alpha value is -0.370. The van der Waals surface area contributed by atoms with Gasteiger partial charge in [-0.05, 0) is 40.5 Å². The highest BCUT2D eigenvalue weighted by Crippen LogP contribution is 2.30. The molecule has 0 spiro atoms. The van der Waals surface area contributed by atoms with Gasteiger partial charge in [-0.2, -0.15) is 0 Å². The van der Waals surface area contributed by atoms with Crippen molar-refractivity contribution in [3.63, 3.8) is 0 Å². The van der Waals surface area contributed by atoms with Crippen molar-refractivity contribution in [3.8, 4) is 0 Å². The van der Waals surface area contributed by atoms with E-state index in [0.717, 1.165) is 12.8 Å². The summed E-state index contributed by atoms with van der Waals surface area (Å²) in [6.07, 6.45) is 4.58. The number of ketones is 1. The molecular weight excluding hydrogens is 176 g/mol. The average Bonchev–Trinajstić information content (AvgIpc) is 2.01. The van der Waals surface area contributed by atoms with E-state index < -0.39 is 0 Å². The zero-order valence-corrected chi connectivity index (χ0v) is 9.80. The van der Waals surface area contributed by atoms with Gasteiger partial charge in [-0.3, -0.25) is 4.79 Å². The number of Topliss-reactive ketones (excluding diaryl/α,β-unsaturated/α-hetero) is 1. The van der Waals surface area contributed by atoms with E-state index >= 15 is 0 Å². The van der Waals surface area contributed by atoms with Crippen molar-refractivity contribution in [2.45, 2.75) is 65.1 Å². The second-order valence-electron chi connectivity index (χ2n) is 5.27. The van der Waals surface area contributed by atoms with Crippen molar-refractivity contribution in [3.05, 3.63) is 0 Å². The molecule has 82 valence electrons. The maximum absolute atomic E-state index is 11.4. The number of hydrogen-bond donors (Lipinski definition) is 0. The third kappa shape index (κ3) is 3.41. The fraction of sp³-hybridized carbons (Fsp3) is 0.917. The van der Waals surface area contributed by atoms with Gasteiger partial charge in [0.05, 0.1) is 11.7 Å². The third-order valence-electron chi connectivity index (χ3n) is 2.73. The molecule has 2 atom stereocenters. The summed E-state index contributed by atoms with van der Waals surface area (Å²) in [4.78, 5) is 11.4. The van der Waals surface area contributed by atoms with Crippen LogP contribution in [0.1, 0.15) is 53.4 Å². The molecule has 0 amide bonds. The van der Waals surface area contributed by atoms with Gasteiger partial charge in [0.1, 0.15) is 5.78 Å². The second kappa shape index (κ2) is 4.43. The van der Waals surface area contributed by atoms with Crippen molar-refractivity contribution in [2.75, 3.05) is 0 Å². The predicted molar refractivity (Wildman–Crippen MR) is 57.3 cm³/mol. The normalized spacial score (nSPS) is 28.9. The molecule has 1 rings (SSSR count). The van der Waals surface area contributed by atoms with Crippen LogP contribution in [0.2, 0.25) is 0 Å². The summed E-state index contributed by atoms with van der Waals surface area (Å²) in [5.41, 5.74) is -0.129. The summed E-state index contributed by atoms with van der Waals surface area (Å²) in [6, 6.07) is 0. The van der Waals surface area contributed by atoms with Crippen molar-refractivity contribution >= 4 is 5.78 Å². The summed E-state index contributed by atoms with van der Waals surface area (Å²) in [6.45, 7) is 7.85. The second-order valence-corrected chi connectivity index (χ2v) is 5.27. The van der Waals surface area contributed by atoms with Gasteiger partial charge in [-0.25, -0.2) is 0 Å². The molecule has 0 bridgehead atoms. The maximum Gasteiger partial charge on any atom is 0.135 e. The number of carbonyl (C=O) groups is 1. The number of ether oxygens (including phenoxy) is 1. The highest BCUT2D eigenvalue weighted by Gasteiger charge is 2.31. The zero-order chi connectivity index (χ0) is 10.8. The van der Waals surface area contributed by atoms with Gasteiger partial charge in [0, 0.05) is 5.92 Å². The van der Waals surface area contributed by atoms with E-state index in [-0.39, 0.29) is 17.6 Å². The van der Waals surface area contributed by atoms with Gasteiger partial charge in [0.2, 0.25) is 0 Å². The molecule has 0 saturated heterocycles. The van der Waals surface area contributed by atoms with Crippen LogP contribution < -0.4 is 0 Å². The first-order chi connectivity index (χ1) is 6.40. The molecule has 1 aliphatic rings. The van der Waals surface area contributed by atoms with Crippen molar-refractivity contribution in [1.82, 2.24) is 0 Å². The van der Waals surface area contributed by atoms with Crippen LogP contribution in [-0.4, -0.2) is 17.5 Å². The quantitative estimate of drug-likeness (QED) is 0.682. The van der Waals surface area contributed by atoms with Crippen LogP contribution in [0.4, 0.5) is 0 Å². The molecule has 0 N–H and O–H groups in total. The summed E-state index contributed by atoms with van der Waals surface area (Å²) in [7, 11) is 0. The van der Waals surface area contributed by atoms with Gasteiger partial charge in [-0.1, -0.05) is 12.8 Å². The molecule has 1 aliphatic carbocycles. The van der Waals surface area contributed by atoms with Crippen LogP contribution in [0.3, 0.4) is 0 Å². The highest BCUT2D eigenvalue weighted by molar-refractivity contribution is 5.79. The Bertz CT molecular complexity index is 203. The standard InChI is InChI=1S/C12H22O2/c1-9(13)10-7-5-6-8-11(10)14-12(2,3)4/h10-11H,5-8H2,1-4H3. The molecule has 0 heterocycles. The van der Waals surface area contributed by atoms with E-state index in [2.05, 4.69) is 20.8 Å². The summed E-state index contributed by atoms with van der Waals surface area (Å²) in [5.74, 6) is 0.432. The molecule has 2 nitrogen and oxygen atoms in total. The topological polar surface area (TPSA) is 26.3 Å². The molecule has 14 heavy (non-hydrogen) atoms. The predicted octanol–water partition coefficient (Wildman–Crippen LogP) is 2.95. The van der Waals surface area contributed by atoms with Crippen LogP contribution in [0.5, 0.6) is 0 Å². The van der Waals surface area contributed by atoms with Gasteiger partial charge in [0.25, 0.3) is 0 Å². The molecular formula is C12H22O2. The van der Waals surface area contributed by atoms with Crippen molar-refractivity contribution < 1.29 is 9.53 Å². The average molecular weight is 198 g/mol. The van der Waals surface area contributed by atoms with Crippen LogP contribution in [-0.2, 0) is 9.53 Å². The molecule has 2 unspecified atom stereocenters. The fourth-order valence-electron chi connectivity index (χ4n) is 2.16. The SMILES string of the molecule is CC(=O)C1CCCCC1OC(C)(C)C. The minimum Gasteiger partial charge on any atom is -0.372 e. The molecule has 2 heteroatoms. The Morgan fingerprint density at radius 3 is 2.29 bits per heavy atom. The fourth-order valence-corrected chi connectivity index (χ4v) is 2.16. The lowest BCUT2D eigenvalue weighted by molar-refractivity contribution is -0.137. The van der Waals surface area contributed by atoms with Crippen molar-refractivity contribution in [2.24, 2.45) is 5.92 Å². The molecule has 0 aromatic carbocycles. The van der Waals surface area contributed by atoms with E-state index in [1.54, 1.807) is 6.92 Å². The van der Waals surface area contributed by atoms with Crippen LogP contribution >= 0.6 is 0 Å². The third-order valence-corrected chi connectivity index (χ3v) is 2.73. The Balaban J connectivity index is 2.59. The Morgan fingerprint density at radius 2 is 1.79 bits per heavy atom. The van der Waals surface area contributed by atoms with Crippen LogP contribution in [0.15, 0.2) is 0 Å². The zero-order valence-electron chi connectivity index (χ0n) is 9.80. The number of rotatable bonds is 2. The first-order valence-electron chi connectivity index (χ1n) is 5.58. The molecule has 0 aromatic rings. The molecule has 0 aromatic heterocycles. The lowest BCUT2D eigenvalue weighted by Gasteiger charge is -2.35. The Kier molecular flexibility index (Phi) is 3.71. The monoisotopic (exact) mass is 198 g/mol. The van der Waals surface area contributed by atoms with Crippen LogP contribution in [0.25, 0.3) is 0 Å². The first kappa shape index (κ1) is 11.7. The van der Waals surface area contributed by atoms with Gasteiger partial charge in [-0.15, -0.1) is 0 Å². The maximum atomic E-state index is 11.4. The van der Waals surface area contributed by atoms with E-state index in [0.29, 0.717) is 5.78 Å². The minimum absolute atomic E-state index is 0.129. The highest BCUT2D eigenvalue weighted by atomic mass is 16.5.